The van der Waals surface area contributed by atoms with E-state index in [1.165, 1.54) is 0 Å². The van der Waals surface area contributed by atoms with Crippen molar-refractivity contribution in [3.8, 4) is 5.75 Å². The summed E-state index contributed by atoms with van der Waals surface area (Å²) in [5, 5.41) is 14.8. The van der Waals surface area contributed by atoms with Crippen LogP contribution in [0, 0.1) is 0 Å². The predicted octanol–water partition coefficient (Wildman–Crippen LogP) is 1.13. The van der Waals surface area contributed by atoms with Gasteiger partial charge >= 0.3 is 0 Å². The van der Waals surface area contributed by atoms with Gasteiger partial charge in [0.15, 0.2) is 12.0 Å². The van der Waals surface area contributed by atoms with Gasteiger partial charge in [-0.15, -0.1) is 0 Å². The summed E-state index contributed by atoms with van der Waals surface area (Å²) in [4.78, 5) is 0. The van der Waals surface area contributed by atoms with Gasteiger partial charge < -0.3 is 19.3 Å². The first-order chi connectivity index (χ1) is 8.50. The number of hydrogen-bond donors (Lipinski definition) is 1. The summed E-state index contributed by atoms with van der Waals surface area (Å²) >= 11 is 0. The second-order valence-corrected chi connectivity index (χ2v) is 4.26. The summed E-state index contributed by atoms with van der Waals surface area (Å²) in [5.74, 6) is 0.563. The third kappa shape index (κ3) is 3.01. The second kappa shape index (κ2) is 6.17. The Labute approximate surface area is 107 Å². The first-order valence-corrected chi connectivity index (χ1v) is 5.88. The van der Waals surface area contributed by atoms with Crippen LogP contribution in [0.4, 0.5) is 0 Å². The highest BCUT2D eigenvalue weighted by molar-refractivity contribution is 5.30. The first kappa shape index (κ1) is 14.9. The Morgan fingerprint density at radius 1 is 1.39 bits per heavy atom. The topological polar surface area (TPSA) is 65.7 Å². The van der Waals surface area contributed by atoms with Crippen LogP contribution in [0.2, 0.25) is 0 Å². The van der Waals surface area contributed by atoms with E-state index >= 15 is 0 Å². The number of aliphatic hydroxyl groups is 1. The summed E-state index contributed by atoms with van der Waals surface area (Å²) in [5.41, 5.74) is -0.513. The molecule has 0 fully saturated rings. The quantitative estimate of drug-likeness (QED) is 0.743. The fourth-order valence-electron chi connectivity index (χ4n) is 1.98. The highest BCUT2D eigenvalue weighted by Gasteiger charge is 2.34. The lowest BCUT2D eigenvalue weighted by molar-refractivity contribution is -0.143. The molecule has 0 aromatic carbocycles. The molecule has 0 spiro atoms. The number of rotatable bonds is 7. The van der Waals surface area contributed by atoms with E-state index in [-0.39, 0.29) is 0 Å². The zero-order valence-electron chi connectivity index (χ0n) is 11.6. The number of nitrogens with zero attached hydrogens (tertiary/aromatic N) is 2. The number of methoxy groups -OCH3 is 3. The predicted molar refractivity (Wildman–Crippen MR) is 66.4 cm³/mol. The Hall–Kier alpha value is -1.11. The van der Waals surface area contributed by atoms with Crippen LogP contribution < -0.4 is 4.74 Å². The zero-order chi connectivity index (χ0) is 13.8. The van der Waals surface area contributed by atoms with E-state index in [0.717, 1.165) is 0 Å². The van der Waals surface area contributed by atoms with Crippen LogP contribution in [-0.2, 0) is 21.6 Å². The minimum atomic E-state index is -1.14. The molecule has 1 aromatic heterocycles. The van der Waals surface area contributed by atoms with Crippen LogP contribution in [-0.4, -0.2) is 42.5 Å². The van der Waals surface area contributed by atoms with Crippen molar-refractivity contribution in [1.82, 2.24) is 9.78 Å². The smallest absolute Gasteiger partial charge is 0.162 e. The van der Waals surface area contributed by atoms with Crippen molar-refractivity contribution in [2.75, 3.05) is 21.3 Å². The van der Waals surface area contributed by atoms with Gasteiger partial charge in [0.2, 0.25) is 0 Å². The molecule has 0 aliphatic carbocycles. The van der Waals surface area contributed by atoms with Gasteiger partial charge in [0.05, 0.1) is 13.3 Å². The first-order valence-electron chi connectivity index (χ1n) is 5.88. The Bertz CT molecular complexity index is 351. The van der Waals surface area contributed by atoms with Gasteiger partial charge in [0.25, 0.3) is 0 Å². The number of aryl methyl sites for hydroxylation is 1. The molecule has 0 saturated carbocycles. The van der Waals surface area contributed by atoms with E-state index in [4.69, 9.17) is 14.2 Å². The van der Waals surface area contributed by atoms with Gasteiger partial charge in [-0.05, 0) is 13.8 Å². The van der Waals surface area contributed by atoms with Crippen molar-refractivity contribution >= 4 is 0 Å². The minimum absolute atomic E-state index is 0.294. The van der Waals surface area contributed by atoms with Crippen molar-refractivity contribution in [3.63, 3.8) is 0 Å². The Balaban J connectivity index is 3.05. The van der Waals surface area contributed by atoms with Gasteiger partial charge in [-0.3, -0.25) is 4.68 Å². The van der Waals surface area contributed by atoms with Crippen LogP contribution in [0.3, 0.4) is 0 Å². The molecule has 1 atom stereocenters. The summed E-state index contributed by atoms with van der Waals surface area (Å²) in [6, 6.07) is 0. The lowest BCUT2D eigenvalue weighted by atomic mass is 9.97. The van der Waals surface area contributed by atoms with Crippen molar-refractivity contribution in [1.29, 1.82) is 0 Å². The average molecular weight is 258 g/mol. The summed E-state index contributed by atoms with van der Waals surface area (Å²) < 4.78 is 17.2. The Morgan fingerprint density at radius 3 is 2.44 bits per heavy atom. The third-order valence-electron chi connectivity index (χ3n) is 2.93. The van der Waals surface area contributed by atoms with Crippen molar-refractivity contribution in [3.05, 3.63) is 11.9 Å². The van der Waals surface area contributed by atoms with E-state index in [1.54, 1.807) is 39.1 Å². The van der Waals surface area contributed by atoms with Crippen LogP contribution in [0.15, 0.2) is 6.20 Å². The molecular weight excluding hydrogens is 236 g/mol. The molecule has 0 amide bonds. The largest absolute Gasteiger partial charge is 0.493 e. The molecule has 6 nitrogen and oxygen atoms in total. The van der Waals surface area contributed by atoms with E-state index in [9.17, 15) is 5.11 Å². The molecule has 1 heterocycles. The maximum Gasteiger partial charge on any atom is 0.162 e. The van der Waals surface area contributed by atoms with Crippen LogP contribution in [0.5, 0.6) is 5.75 Å². The molecule has 0 saturated heterocycles. The maximum atomic E-state index is 10.6. The number of ether oxygens (including phenoxy) is 3. The van der Waals surface area contributed by atoms with E-state index in [2.05, 4.69) is 5.10 Å². The summed E-state index contributed by atoms with van der Waals surface area (Å²) in [7, 11) is 4.64. The van der Waals surface area contributed by atoms with E-state index in [1.807, 2.05) is 6.92 Å². The molecule has 1 unspecified atom stereocenters. The van der Waals surface area contributed by atoms with E-state index in [0.29, 0.717) is 24.4 Å². The molecule has 104 valence electrons. The molecule has 18 heavy (non-hydrogen) atoms. The van der Waals surface area contributed by atoms with Gasteiger partial charge in [-0.1, -0.05) is 0 Å². The summed E-state index contributed by atoms with van der Waals surface area (Å²) in [6.45, 7) is 4.30. The molecule has 1 aromatic rings. The second-order valence-electron chi connectivity index (χ2n) is 4.26. The van der Waals surface area contributed by atoms with Crippen molar-refractivity contribution < 1.29 is 19.3 Å². The molecule has 0 bridgehead atoms. The number of aromatic nitrogens is 2. The molecule has 6 heteroatoms. The van der Waals surface area contributed by atoms with Gasteiger partial charge in [0, 0.05) is 27.2 Å². The lowest BCUT2D eigenvalue weighted by Gasteiger charge is -2.28. The van der Waals surface area contributed by atoms with Gasteiger partial charge in [-0.2, -0.15) is 5.10 Å². The zero-order valence-corrected chi connectivity index (χ0v) is 11.6. The van der Waals surface area contributed by atoms with Crippen molar-refractivity contribution in [2.24, 2.45) is 0 Å². The molecule has 0 aliphatic rings. The van der Waals surface area contributed by atoms with Crippen molar-refractivity contribution in [2.45, 2.75) is 38.7 Å². The fourth-order valence-corrected chi connectivity index (χ4v) is 1.98. The standard InChI is InChI=1S/C12H22N2O4/c1-6-14-11(9(16-3)8-13-14)12(2,15)7-10(17-4)18-5/h8,10,15H,6-7H2,1-5H3. The minimum Gasteiger partial charge on any atom is -0.493 e. The Kier molecular flexibility index (Phi) is 5.13. The van der Waals surface area contributed by atoms with Gasteiger partial charge in [0.1, 0.15) is 11.3 Å². The van der Waals surface area contributed by atoms with Crippen LogP contribution >= 0.6 is 0 Å². The maximum absolute atomic E-state index is 10.6. The van der Waals surface area contributed by atoms with E-state index < -0.39 is 11.9 Å². The highest BCUT2D eigenvalue weighted by Crippen LogP contribution is 2.33. The fraction of sp³-hybridized carbons (Fsp3) is 0.750. The monoisotopic (exact) mass is 258 g/mol. The summed E-state index contributed by atoms with van der Waals surface area (Å²) in [6.07, 6.45) is 1.41. The van der Waals surface area contributed by atoms with Crippen LogP contribution in [0.25, 0.3) is 0 Å². The lowest BCUT2D eigenvalue weighted by Crippen LogP contribution is -2.32. The average Bonchev–Trinajstić information content (AvgIpc) is 2.79. The van der Waals surface area contributed by atoms with Gasteiger partial charge in [-0.25, -0.2) is 0 Å². The highest BCUT2D eigenvalue weighted by atomic mass is 16.7. The molecule has 1 rings (SSSR count). The third-order valence-corrected chi connectivity index (χ3v) is 2.93. The number of hydrogen-bond acceptors (Lipinski definition) is 5. The van der Waals surface area contributed by atoms with Crippen LogP contribution in [0.1, 0.15) is 26.0 Å². The molecule has 0 aliphatic heterocycles. The molecule has 1 N–H and O–H groups in total. The normalized spacial score (nSPS) is 14.8. The molecular formula is C12H22N2O4. The molecule has 0 radical (unpaired) electrons. The SMILES string of the molecule is CCn1ncc(OC)c1C(C)(O)CC(OC)OC. The Morgan fingerprint density at radius 2 is 2.00 bits per heavy atom.